The van der Waals surface area contributed by atoms with Gasteiger partial charge in [0, 0.05) is 11.1 Å². The molecule has 4 nitrogen and oxygen atoms in total. The van der Waals surface area contributed by atoms with Gasteiger partial charge in [0.05, 0.1) is 12.7 Å². The summed E-state index contributed by atoms with van der Waals surface area (Å²) in [4.78, 5) is 15.6. The zero-order valence-corrected chi connectivity index (χ0v) is 9.94. The molecule has 4 heteroatoms. The number of hydrogen-bond acceptors (Lipinski definition) is 3. The SMILES string of the molecule is COc1ccc(C)c2c(C(=O)O)cc(C)nc12. The molecular weight excluding hydrogens is 218 g/mol. The molecule has 0 atom stereocenters. The molecule has 2 aromatic rings. The van der Waals surface area contributed by atoms with E-state index in [1.54, 1.807) is 26.2 Å². The Balaban J connectivity index is 2.97. The number of rotatable bonds is 2. The van der Waals surface area contributed by atoms with E-state index in [0.29, 0.717) is 22.3 Å². The highest BCUT2D eigenvalue weighted by Gasteiger charge is 2.15. The molecule has 0 saturated heterocycles. The van der Waals surface area contributed by atoms with Crippen molar-refractivity contribution >= 4 is 16.9 Å². The maximum atomic E-state index is 11.3. The molecule has 1 aromatic heterocycles. The summed E-state index contributed by atoms with van der Waals surface area (Å²) in [7, 11) is 1.55. The first kappa shape index (κ1) is 11.4. The predicted molar refractivity (Wildman–Crippen MR) is 64.7 cm³/mol. The normalized spacial score (nSPS) is 10.5. The van der Waals surface area contributed by atoms with Gasteiger partial charge in [-0.05, 0) is 31.5 Å². The lowest BCUT2D eigenvalue weighted by Crippen LogP contribution is -2.02. The molecule has 2 rings (SSSR count). The fraction of sp³-hybridized carbons (Fsp3) is 0.231. The van der Waals surface area contributed by atoms with Gasteiger partial charge in [0.1, 0.15) is 11.3 Å². The van der Waals surface area contributed by atoms with Gasteiger partial charge in [-0.15, -0.1) is 0 Å². The third-order valence-corrected chi connectivity index (χ3v) is 2.71. The molecule has 0 amide bonds. The van der Waals surface area contributed by atoms with Gasteiger partial charge in [-0.2, -0.15) is 0 Å². The van der Waals surface area contributed by atoms with Crippen LogP contribution >= 0.6 is 0 Å². The smallest absolute Gasteiger partial charge is 0.336 e. The van der Waals surface area contributed by atoms with Crippen molar-refractivity contribution in [3.05, 3.63) is 35.0 Å². The summed E-state index contributed by atoms with van der Waals surface area (Å²) in [5.74, 6) is -0.353. The van der Waals surface area contributed by atoms with Crippen LogP contribution in [0.25, 0.3) is 10.9 Å². The second-order valence-electron chi connectivity index (χ2n) is 3.92. The van der Waals surface area contributed by atoms with Gasteiger partial charge in [-0.25, -0.2) is 9.78 Å². The Hall–Kier alpha value is -2.10. The van der Waals surface area contributed by atoms with Crippen molar-refractivity contribution in [2.45, 2.75) is 13.8 Å². The summed E-state index contributed by atoms with van der Waals surface area (Å²) in [5.41, 5.74) is 2.42. The minimum atomic E-state index is -0.947. The highest BCUT2D eigenvalue weighted by molar-refractivity contribution is 6.05. The van der Waals surface area contributed by atoms with Crippen LogP contribution in [-0.2, 0) is 0 Å². The van der Waals surface area contributed by atoms with Crippen LogP contribution in [0.1, 0.15) is 21.6 Å². The lowest BCUT2D eigenvalue weighted by Gasteiger charge is -2.10. The first-order valence-corrected chi connectivity index (χ1v) is 5.23. The number of fused-ring (bicyclic) bond motifs is 1. The summed E-state index contributed by atoms with van der Waals surface area (Å²) in [6.45, 7) is 3.64. The van der Waals surface area contributed by atoms with Crippen molar-refractivity contribution in [1.82, 2.24) is 4.98 Å². The predicted octanol–water partition coefficient (Wildman–Crippen LogP) is 2.56. The lowest BCUT2D eigenvalue weighted by atomic mass is 10.0. The Morgan fingerprint density at radius 1 is 1.35 bits per heavy atom. The molecule has 0 aliphatic heterocycles. The molecule has 0 spiro atoms. The third-order valence-electron chi connectivity index (χ3n) is 2.71. The fourth-order valence-corrected chi connectivity index (χ4v) is 1.95. The number of aromatic carboxylic acids is 1. The van der Waals surface area contributed by atoms with Crippen LogP contribution in [0.4, 0.5) is 0 Å². The summed E-state index contributed by atoms with van der Waals surface area (Å²) in [6.07, 6.45) is 0. The molecule has 0 bridgehead atoms. The van der Waals surface area contributed by atoms with Crippen LogP contribution in [0.3, 0.4) is 0 Å². The van der Waals surface area contributed by atoms with Crippen molar-refractivity contribution in [3.8, 4) is 5.75 Å². The van der Waals surface area contributed by atoms with Crippen LogP contribution in [0.15, 0.2) is 18.2 Å². The number of hydrogen-bond donors (Lipinski definition) is 1. The van der Waals surface area contributed by atoms with E-state index in [2.05, 4.69) is 4.98 Å². The molecule has 1 aromatic carbocycles. The minimum Gasteiger partial charge on any atom is -0.494 e. The molecule has 0 aliphatic rings. The Kier molecular flexibility index (Phi) is 2.71. The second-order valence-corrected chi connectivity index (χ2v) is 3.92. The maximum absolute atomic E-state index is 11.3. The lowest BCUT2D eigenvalue weighted by molar-refractivity contribution is 0.0699. The summed E-state index contributed by atoms with van der Waals surface area (Å²) in [6, 6.07) is 5.22. The molecule has 1 N–H and O–H groups in total. The molecule has 17 heavy (non-hydrogen) atoms. The second kappa shape index (κ2) is 4.05. The zero-order chi connectivity index (χ0) is 12.6. The number of pyridine rings is 1. The van der Waals surface area contributed by atoms with Crippen molar-refractivity contribution in [2.24, 2.45) is 0 Å². The average molecular weight is 231 g/mol. The third kappa shape index (κ3) is 1.82. The number of carboxylic acids is 1. The van der Waals surface area contributed by atoms with Gasteiger partial charge in [0.25, 0.3) is 0 Å². The summed E-state index contributed by atoms with van der Waals surface area (Å²) < 4.78 is 5.22. The van der Waals surface area contributed by atoms with E-state index < -0.39 is 5.97 Å². The van der Waals surface area contributed by atoms with Crippen LogP contribution in [0.2, 0.25) is 0 Å². The maximum Gasteiger partial charge on any atom is 0.336 e. The Morgan fingerprint density at radius 3 is 2.65 bits per heavy atom. The Labute approximate surface area is 98.9 Å². The first-order chi connectivity index (χ1) is 8.04. The molecule has 1 heterocycles. The number of aromatic nitrogens is 1. The fourth-order valence-electron chi connectivity index (χ4n) is 1.95. The number of methoxy groups -OCH3 is 1. The molecule has 88 valence electrons. The van der Waals surface area contributed by atoms with Gasteiger partial charge in [-0.1, -0.05) is 6.07 Å². The van der Waals surface area contributed by atoms with Gasteiger partial charge in [0.2, 0.25) is 0 Å². The van der Waals surface area contributed by atoms with E-state index in [-0.39, 0.29) is 5.56 Å². The van der Waals surface area contributed by atoms with E-state index >= 15 is 0 Å². The van der Waals surface area contributed by atoms with Gasteiger partial charge in [0.15, 0.2) is 0 Å². The van der Waals surface area contributed by atoms with Crippen LogP contribution in [0, 0.1) is 13.8 Å². The quantitative estimate of drug-likeness (QED) is 0.862. The first-order valence-electron chi connectivity index (χ1n) is 5.23. The van der Waals surface area contributed by atoms with Crippen LogP contribution in [-0.4, -0.2) is 23.2 Å². The van der Waals surface area contributed by atoms with Crippen LogP contribution < -0.4 is 4.74 Å². The zero-order valence-electron chi connectivity index (χ0n) is 9.94. The summed E-state index contributed by atoms with van der Waals surface area (Å²) >= 11 is 0. The van der Waals surface area contributed by atoms with E-state index in [1.165, 1.54) is 0 Å². The van der Waals surface area contributed by atoms with Gasteiger partial charge >= 0.3 is 5.97 Å². The topological polar surface area (TPSA) is 59.4 Å². The van der Waals surface area contributed by atoms with E-state index in [9.17, 15) is 9.90 Å². The molecule has 0 saturated carbocycles. The van der Waals surface area contributed by atoms with E-state index in [0.717, 1.165) is 5.56 Å². The van der Waals surface area contributed by atoms with Crippen LogP contribution in [0.5, 0.6) is 5.75 Å². The molecular formula is C13H13NO3. The molecule has 0 radical (unpaired) electrons. The standard InChI is InChI=1S/C13H13NO3/c1-7-4-5-10(17-3)12-11(7)9(13(15)16)6-8(2)14-12/h4-6H,1-3H3,(H,15,16). The number of carboxylic acid groups (broad SMARTS) is 1. The Morgan fingerprint density at radius 2 is 2.06 bits per heavy atom. The number of nitrogens with zero attached hydrogens (tertiary/aromatic N) is 1. The molecule has 0 unspecified atom stereocenters. The number of benzene rings is 1. The highest BCUT2D eigenvalue weighted by Crippen LogP contribution is 2.29. The molecule has 0 fully saturated rings. The van der Waals surface area contributed by atoms with Crippen molar-refractivity contribution in [1.29, 1.82) is 0 Å². The highest BCUT2D eigenvalue weighted by atomic mass is 16.5. The number of aryl methyl sites for hydroxylation is 2. The van der Waals surface area contributed by atoms with Gasteiger partial charge in [-0.3, -0.25) is 0 Å². The average Bonchev–Trinajstić information content (AvgIpc) is 2.28. The number of ether oxygens (including phenoxy) is 1. The van der Waals surface area contributed by atoms with Crippen molar-refractivity contribution in [2.75, 3.05) is 7.11 Å². The van der Waals surface area contributed by atoms with Crippen molar-refractivity contribution in [3.63, 3.8) is 0 Å². The van der Waals surface area contributed by atoms with Gasteiger partial charge < -0.3 is 9.84 Å². The van der Waals surface area contributed by atoms with E-state index in [4.69, 9.17) is 4.74 Å². The largest absolute Gasteiger partial charge is 0.494 e. The monoisotopic (exact) mass is 231 g/mol. The summed E-state index contributed by atoms with van der Waals surface area (Å²) in [5, 5.41) is 9.87. The van der Waals surface area contributed by atoms with Crippen molar-refractivity contribution < 1.29 is 14.6 Å². The number of carbonyl (C=O) groups is 1. The molecule has 0 aliphatic carbocycles. The minimum absolute atomic E-state index is 0.268. The Bertz CT molecular complexity index is 605. The van der Waals surface area contributed by atoms with E-state index in [1.807, 2.05) is 13.0 Å².